The Kier molecular flexibility index (Phi) is 5.31. The molecule has 0 unspecified atom stereocenters. The average molecular weight is 387 g/mol. The van der Waals surface area contributed by atoms with Gasteiger partial charge in [-0.3, -0.25) is 0 Å². The summed E-state index contributed by atoms with van der Waals surface area (Å²) in [5.41, 5.74) is 6.01. The van der Waals surface area contributed by atoms with Gasteiger partial charge in [0.2, 0.25) is 10.0 Å². The lowest BCUT2D eigenvalue weighted by Gasteiger charge is -2.13. The molecule has 0 spiro atoms. The summed E-state index contributed by atoms with van der Waals surface area (Å²) in [6.07, 6.45) is 0.628. The van der Waals surface area contributed by atoms with Crippen LogP contribution in [0.15, 0.2) is 35.2 Å². The molecule has 2 N–H and O–H groups in total. The molecule has 27 heavy (non-hydrogen) atoms. The van der Waals surface area contributed by atoms with Crippen LogP contribution in [0.2, 0.25) is 0 Å². The van der Waals surface area contributed by atoms with E-state index in [1.807, 2.05) is 19.9 Å². The number of hydrogen-bond donors (Lipinski definition) is 2. The number of ether oxygens (including phenoxy) is 1. The Bertz CT molecular complexity index is 1100. The van der Waals surface area contributed by atoms with Crippen LogP contribution < -0.4 is 9.46 Å². The van der Waals surface area contributed by atoms with Gasteiger partial charge in [0.1, 0.15) is 5.75 Å². The second kappa shape index (κ2) is 7.37. The van der Waals surface area contributed by atoms with E-state index in [1.54, 1.807) is 26.2 Å². The molecule has 0 bridgehead atoms. The molecular weight excluding hydrogens is 360 g/mol. The van der Waals surface area contributed by atoms with Gasteiger partial charge in [-0.15, -0.1) is 0 Å². The number of nitrogens with one attached hydrogen (secondary N) is 2. The first kappa shape index (κ1) is 19.5. The summed E-state index contributed by atoms with van der Waals surface area (Å²) in [6, 6.07) is 9.60. The SMILES string of the molecule is COc1cc(C)c(S(=O)(=O)NCCc2c(C)[nH]c3c(C)cccc23)cc1C. The van der Waals surface area contributed by atoms with Gasteiger partial charge >= 0.3 is 0 Å². The smallest absolute Gasteiger partial charge is 0.240 e. The molecule has 5 nitrogen and oxygen atoms in total. The second-order valence-corrected chi connectivity index (χ2v) is 8.70. The van der Waals surface area contributed by atoms with Crippen molar-refractivity contribution in [3.8, 4) is 5.75 Å². The monoisotopic (exact) mass is 386 g/mol. The van der Waals surface area contributed by atoms with E-state index in [1.165, 1.54) is 5.56 Å². The van der Waals surface area contributed by atoms with Crippen molar-refractivity contribution in [1.82, 2.24) is 9.71 Å². The number of rotatable bonds is 6. The molecule has 144 valence electrons. The molecule has 1 aromatic heterocycles. The van der Waals surface area contributed by atoms with Gasteiger partial charge in [-0.1, -0.05) is 18.2 Å². The van der Waals surface area contributed by atoms with Crippen molar-refractivity contribution in [3.05, 3.63) is 58.3 Å². The Morgan fingerprint density at radius 2 is 1.78 bits per heavy atom. The first-order valence-corrected chi connectivity index (χ1v) is 10.4. The van der Waals surface area contributed by atoms with Crippen LogP contribution in [0.3, 0.4) is 0 Å². The van der Waals surface area contributed by atoms with E-state index in [0.29, 0.717) is 29.2 Å². The Morgan fingerprint density at radius 1 is 1.04 bits per heavy atom. The van der Waals surface area contributed by atoms with Crippen molar-refractivity contribution in [2.75, 3.05) is 13.7 Å². The quantitative estimate of drug-likeness (QED) is 0.674. The molecule has 0 fully saturated rings. The van der Waals surface area contributed by atoms with Crippen molar-refractivity contribution in [2.45, 2.75) is 39.0 Å². The molecule has 0 aliphatic rings. The predicted octanol–water partition coefficient (Wildman–Crippen LogP) is 3.93. The number of fused-ring (bicyclic) bond motifs is 1. The summed E-state index contributed by atoms with van der Waals surface area (Å²) in [7, 11) is -2.00. The fourth-order valence-electron chi connectivity index (χ4n) is 3.53. The van der Waals surface area contributed by atoms with Crippen LogP contribution in [-0.2, 0) is 16.4 Å². The summed E-state index contributed by atoms with van der Waals surface area (Å²) in [5, 5.41) is 1.16. The molecule has 1 heterocycles. The van der Waals surface area contributed by atoms with E-state index < -0.39 is 10.0 Å². The van der Waals surface area contributed by atoms with Crippen LogP contribution in [0.25, 0.3) is 10.9 Å². The molecule has 0 saturated carbocycles. The molecule has 0 radical (unpaired) electrons. The minimum atomic E-state index is -3.58. The van der Waals surface area contributed by atoms with Crippen molar-refractivity contribution in [2.24, 2.45) is 0 Å². The number of aryl methyl sites for hydroxylation is 4. The van der Waals surface area contributed by atoms with Gasteiger partial charge in [0.25, 0.3) is 0 Å². The molecule has 2 aromatic carbocycles. The third-order valence-electron chi connectivity index (χ3n) is 5.01. The minimum absolute atomic E-state index is 0.298. The number of hydrogen-bond acceptors (Lipinski definition) is 3. The lowest BCUT2D eigenvalue weighted by Crippen LogP contribution is -2.27. The zero-order chi connectivity index (χ0) is 19.8. The molecule has 6 heteroatoms. The highest BCUT2D eigenvalue weighted by Crippen LogP contribution is 2.27. The van der Waals surface area contributed by atoms with E-state index in [0.717, 1.165) is 27.7 Å². The molecule has 0 aliphatic carbocycles. The zero-order valence-corrected chi connectivity index (χ0v) is 17.3. The molecule has 0 atom stereocenters. The van der Waals surface area contributed by atoms with E-state index in [-0.39, 0.29) is 0 Å². The van der Waals surface area contributed by atoms with Crippen LogP contribution in [-0.4, -0.2) is 27.1 Å². The maximum atomic E-state index is 12.8. The lowest BCUT2D eigenvalue weighted by molar-refractivity contribution is 0.411. The topological polar surface area (TPSA) is 71.2 Å². The van der Waals surface area contributed by atoms with E-state index >= 15 is 0 Å². The molecule has 0 amide bonds. The Balaban J connectivity index is 1.80. The van der Waals surface area contributed by atoms with Crippen LogP contribution in [0.4, 0.5) is 0 Å². The van der Waals surface area contributed by atoms with Crippen LogP contribution >= 0.6 is 0 Å². The van der Waals surface area contributed by atoms with Crippen molar-refractivity contribution >= 4 is 20.9 Å². The Labute approximate surface area is 160 Å². The van der Waals surface area contributed by atoms with Gasteiger partial charge in [0, 0.05) is 23.1 Å². The number of H-pyrrole nitrogens is 1. The highest BCUT2D eigenvalue weighted by Gasteiger charge is 2.19. The van der Waals surface area contributed by atoms with Gasteiger partial charge in [-0.25, -0.2) is 13.1 Å². The highest BCUT2D eigenvalue weighted by molar-refractivity contribution is 7.89. The minimum Gasteiger partial charge on any atom is -0.496 e. The number of methoxy groups -OCH3 is 1. The highest BCUT2D eigenvalue weighted by atomic mass is 32.2. The third kappa shape index (κ3) is 3.73. The number of sulfonamides is 1. The largest absolute Gasteiger partial charge is 0.496 e. The maximum Gasteiger partial charge on any atom is 0.240 e. The van der Waals surface area contributed by atoms with Gasteiger partial charge < -0.3 is 9.72 Å². The van der Waals surface area contributed by atoms with Crippen LogP contribution in [0.5, 0.6) is 5.75 Å². The summed E-state index contributed by atoms with van der Waals surface area (Å²) in [6.45, 7) is 8.06. The number of aromatic nitrogens is 1. The lowest BCUT2D eigenvalue weighted by atomic mass is 10.1. The number of benzene rings is 2. The molecular formula is C21H26N2O3S. The zero-order valence-electron chi connectivity index (χ0n) is 16.4. The summed E-state index contributed by atoms with van der Waals surface area (Å²) >= 11 is 0. The van der Waals surface area contributed by atoms with Gasteiger partial charge in [-0.05, 0) is 68.5 Å². The fourth-order valence-corrected chi connectivity index (χ4v) is 4.87. The Morgan fingerprint density at radius 3 is 2.48 bits per heavy atom. The van der Waals surface area contributed by atoms with E-state index in [9.17, 15) is 8.42 Å². The third-order valence-corrected chi connectivity index (χ3v) is 6.62. The fraction of sp³-hybridized carbons (Fsp3) is 0.333. The first-order valence-electron chi connectivity index (χ1n) is 8.96. The van der Waals surface area contributed by atoms with Gasteiger partial charge in [-0.2, -0.15) is 0 Å². The van der Waals surface area contributed by atoms with Crippen molar-refractivity contribution < 1.29 is 13.2 Å². The summed E-state index contributed by atoms with van der Waals surface area (Å²) in [5.74, 6) is 0.691. The van der Waals surface area contributed by atoms with Gasteiger partial charge in [0.15, 0.2) is 0 Å². The normalized spacial score (nSPS) is 11.9. The Hall–Kier alpha value is -2.31. The molecule has 3 aromatic rings. The van der Waals surface area contributed by atoms with Crippen molar-refractivity contribution in [3.63, 3.8) is 0 Å². The number of para-hydroxylation sites is 1. The van der Waals surface area contributed by atoms with Gasteiger partial charge in [0.05, 0.1) is 12.0 Å². The summed E-state index contributed by atoms with van der Waals surface area (Å²) in [4.78, 5) is 3.71. The summed E-state index contributed by atoms with van der Waals surface area (Å²) < 4.78 is 33.6. The molecule has 0 saturated heterocycles. The predicted molar refractivity (Wildman–Crippen MR) is 109 cm³/mol. The van der Waals surface area contributed by atoms with E-state index in [4.69, 9.17) is 4.74 Å². The van der Waals surface area contributed by atoms with Crippen molar-refractivity contribution in [1.29, 1.82) is 0 Å². The first-order chi connectivity index (χ1) is 12.7. The molecule has 3 rings (SSSR count). The average Bonchev–Trinajstić information content (AvgIpc) is 2.93. The maximum absolute atomic E-state index is 12.8. The second-order valence-electron chi connectivity index (χ2n) is 6.96. The standard InChI is InChI=1S/C21H26N2O3S/c1-13-7-6-8-18-17(16(4)23-21(13)18)9-10-22-27(24,25)20-12-14(2)19(26-5)11-15(20)3/h6-8,11-12,22-23H,9-10H2,1-5H3. The number of aromatic amines is 1. The van der Waals surface area contributed by atoms with Crippen LogP contribution in [0, 0.1) is 27.7 Å². The van der Waals surface area contributed by atoms with E-state index in [2.05, 4.69) is 28.8 Å². The van der Waals surface area contributed by atoms with Crippen LogP contribution in [0.1, 0.15) is 27.9 Å². The molecule has 0 aliphatic heterocycles.